The standard InChI is InChI=1S/C13H22N4O3S/c1-4-5-14-13-15-6-12(7-16-13)21(18,19)17-8-10(2)20-11(3)9-17/h6-7,10-11H,4-5,8-9H2,1-3H3,(H,14,15,16). The van der Waals surface area contributed by atoms with E-state index in [1.165, 1.54) is 16.7 Å². The zero-order chi connectivity index (χ0) is 15.5. The van der Waals surface area contributed by atoms with Crippen LogP contribution in [0.25, 0.3) is 0 Å². The minimum Gasteiger partial charge on any atom is -0.373 e. The molecule has 0 bridgehead atoms. The van der Waals surface area contributed by atoms with Gasteiger partial charge in [0.1, 0.15) is 4.90 Å². The van der Waals surface area contributed by atoms with Gasteiger partial charge in [-0.05, 0) is 20.3 Å². The number of nitrogens with one attached hydrogen (secondary N) is 1. The molecule has 8 heteroatoms. The molecule has 2 atom stereocenters. The van der Waals surface area contributed by atoms with E-state index >= 15 is 0 Å². The van der Waals surface area contributed by atoms with Gasteiger partial charge in [0.05, 0.1) is 24.6 Å². The van der Waals surface area contributed by atoms with E-state index < -0.39 is 10.0 Å². The van der Waals surface area contributed by atoms with Crippen molar-refractivity contribution in [2.24, 2.45) is 0 Å². The van der Waals surface area contributed by atoms with Crippen molar-refractivity contribution in [1.82, 2.24) is 14.3 Å². The van der Waals surface area contributed by atoms with Crippen LogP contribution in [0.15, 0.2) is 17.3 Å². The lowest BCUT2D eigenvalue weighted by Crippen LogP contribution is -2.48. The van der Waals surface area contributed by atoms with Crippen molar-refractivity contribution in [2.75, 3.05) is 25.0 Å². The van der Waals surface area contributed by atoms with Crippen molar-refractivity contribution in [3.05, 3.63) is 12.4 Å². The predicted octanol–water partition coefficient (Wildman–Crippen LogP) is 1.10. The van der Waals surface area contributed by atoms with Crippen molar-refractivity contribution in [2.45, 2.75) is 44.3 Å². The molecule has 0 amide bonds. The first-order valence-corrected chi connectivity index (χ1v) is 8.59. The molecule has 118 valence electrons. The van der Waals surface area contributed by atoms with Gasteiger partial charge in [-0.2, -0.15) is 4.31 Å². The average molecular weight is 314 g/mol. The van der Waals surface area contributed by atoms with Gasteiger partial charge >= 0.3 is 0 Å². The Morgan fingerprint density at radius 3 is 2.38 bits per heavy atom. The molecular formula is C13H22N4O3S. The molecule has 1 aliphatic heterocycles. The van der Waals surface area contributed by atoms with Crippen LogP contribution in [-0.2, 0) is 14.8 Å². The first-order chi connectivity index (χ1) is 9.93. The van der Waals surface area contributed by atoms with E-state index in [-0.39, 0.29) is 17.1 Å². The molecule has 1 saturated heterocycles. The maximum atomic E-state index is 12.6. The van der Waals surface area contributed by atoms with Crippen LogP contribution in [0.3, 0.4) is 0 Å². The van der Waals surface area contributed by atoms with Crippen molar-refractivity contribution >= 4 is 16.0 Å². The molecule has 21 heavy (non-hydrogen) atoms. The first kappa shape index (κ1) is 16.1. The summed E-state index contributed by atoms with van der Waals surface area (Å²) < 4.78 is 32.1. The molecular weight excluding hydrogens is 292 g/mol. The Hall–Kier alpha value is -1.25. The number of ether oxygens (including phenoxy) is 1. The molecule has 0 radical (unpaired) electrons. The van der Waals surface area contributed by atoms with Gasteiger partial charge in [-0.25, -0.2) is 18.4 Å². The van der Waals surface area contributed by atoms with Crippen LogP contribution in [-0.4, -0.2) is 54.5 Å². The van der Waals surface area contributed by atoms with E-state index in [0.29, 0.717) is 19.0 Å². The van der Waals surface area contributed by atoms with Gasteiger partial charge in [0.2, 0.25) is 16.0 Å². The molecule has 2 unspecified atom stereocenters. The molecule has 1 aromatic rings. The van der Waals surface area contributed by atoms with Gasteiger partial charge in [0.15, 0.2) is 0 Å². The summed E-state index contributed by atoms with van der Waals surface area (Å²) in [7, 11) is -3.56. The normalized spacial score (nSPS) is 24.0. The zero-order valence-corrected chi connectivity index (χ0v) is 13.4. The van der Waals surface area contributed by atoms with Gasteiger partial charge in [-0.1, -0.05) is 6.92 Å². The monoisotopic (exact) mass is 314 g/mol. The summed E-state index contributed by atoms with van der Waals surface area (Å²) in [5.74, 6) is 0.444. The Bertz CT molecular complexity index is 551. The van der Waals surface area contributed by atoms with Gasteiger partial charge in [-0.3, -0.25) is 0 Å². The first-order valence-electron chi connectivity index (χ1n) is 7.15. The molecule has 0 saturated carbocycles. The third-order valence-corrected chi connectivity index (χ3v) is 4.97. The Kier molecular flexibility index (Phi) is 5.13. The molecule has 1 fully saturated rings. The highest BCUT2D eigenvalue weighted by Gasteiger charge is 2.32. The van der Waals surface area contributed by atoms with Crippen LogP contribution in [0.1, 0.15) is 27.2 Å². The van der Waals surface area contributed by atoms with Crippen LogP contribution < -0.4 is 5.32 Å². The maximum Gasteiger partial charge on any atom is 0.246 e. The highest BCUT2D eigenvalue weighted by Crippen LogP contribution is 2.20. The van der Waals surface area contributed by atoms with Crippen LogP contribution in [0.4, 0.5) is 5.95 Å². The van der Waals surface area contributed by atoms with E-state index in [9.17, 15) is 8.42 Å². The summed E-state index contributed by atoms with van der Waals surface area (Å²) in [4.78, 5) is 8.23. The molecule has 7 nitrogen and oxygen atoms in total. The topological polar surface area (TPSA) is 84.4 Å². The Labute approximate surface area is 125 Å². The van der Waals surface area contributed by atoms with Gasteiger partial charge in [0.25, 0.3) is 0 Å². The highest BCUT2D eigenvalue weighted by molar-refractivity contribution is 7.89. The van der Waals surface area contributed by atoms with Crippen molar-refractivity contribution in [3.63, 3.8) is 0 Å². The second-order valence-electron chi connectivity index (χ2n) is 5.25. The SMILES string of the molecule is CCCNc1ncc(S(=O)(=O)N2CC(C)OC(C)C2)cn1. The summed E-state index contributed by atoms with van der Waals surface area (Å²) in [6.07, 6.45) is 3.42. The number of anilines is 1. The Morgan fingerprint density at radius 1 is 1.29 bits per heavy atom. The van der Waals surface area contributed by atoms with Gasteiger partial charge in [0, 0.05) is 19.6 Å². The van der Waals surface area contributed by atoms with Crippen molar-refractivity contribution in [1.29, 1.82) is 0 Å². The fraction of sp³-hybridized carbons (Fsp3) is 0.692. The van der Waals surface area contributed by atoms with Crippen LogP contribution in [0.5, 0.6) is 0 Å². The molecule has 0 aromatic carbocycles. The number of rotatable bonds is 5. The fourth-order valence-corrected chi connectivity index (χ4v) is 3.74. The van der Waals surface area contributed by atoms with E-state index in [1.54, 1.807) is 0 Å². The number of sulfonamides is 1. The largest absolute Gasteiger partial charge is 0.373 e. The molecule has 1 aliphatic rings. The smallest absolute Gasteiger partial charge is 0.246 e. The quantitative estimate of drug-likeness (QED) is 0.876. The van der Waals surface area contributed by atoms with Gasteiger partial charge < -0.3 is 10.1 Å². The Balaban J connectivity index is 2.15. The number of hydrogen-bond acceptors (Lipinski definition) is 6. The van der Waals surface area contributed by atoms with E-state index in [2.05, 4.69) is 15.3 Å². The van der Waals surface area contributed by atoms with E-state index in [4.69, 9.17) is 4.74 Å². The molecule has 1 aromatic heterocycles. The number of hydrogen-bond donors (Lipinski definition) is 1. The Morgan fingerprint density at radius 2 is 1.86 bits per heavy atom. The lowest BCUT2D eigenvalue weighted by Gasteiger charge is -2.34. The lowest BCUT2D eigenvalue weighted by atomic mass is 10.3. The average Bonchev–Trinajstić information content (AvgIpc) is 2.44. The maximum absolute atomic E-state index is 12.6. The van der Waals surface area contributed by atoms with E-state index in [1.807, 2.05) is 20.8 Å². The summed E-state index contributed by atoms with van der Waals surface area (Å²) >= 11 is 0. The van der Waals surface area contributed by atoms with Gasteiger partial charge in [-0.15, -0.1) is 0 Å². The van der Waals surface area contributed by atoms with Crippen molar-refractivity contribution < 1.29 is 13.2 Å². The zero-order valence-electron chi connectivity index (χ0n) is 12.6. The summed E-state index contributed by atoms with van der Waals surface area (Å²) in [5.41, 5.74) is 0. The third-order valence-electron chi connectivity index (χ3n) is 3.19. The summed E-state index contributed by atoms with van der Waals surface area (Å²) in [6.45, 7) is 7.22. The predicted molar refractivity (Wildman–Crippen MR) is 79.6 cm³/mol. The van der Waals surface area contributed by atoms with E-state index in [0.717, 1.165) is 13.0 Å². The highest BCUT2D eigenvalue weighted by atomic mass is 32.2. The van der Waals surface area contributed by atoms with Crippen LogP contribution in [0.2, 0.25) is 0 Å². The fourth-order valence-electron chi connectivity index (χ4n) is 2.25. The minimum atomic E-state index is -3.56. The number of aromatic nitrogens is 2. The summed E-state index contributed by atoms with van der Waals surface area (Å²) in [5, 5.41) is 3.02. The van der Waals surface area contributed by atoms with Crippen molar-refractivity contribution in [3.8, 4) is 0 Å². The number of morpholine rings is 1. The van der Waals surface area contributed by atoms with Crippen LogP contribution >= 0.6 is 0 Å². The summed E-state index contributed by atoms with van der Waals surface area (Å²) in [6, 6.07) is 0. The molecule has 0 aliphatic carbocycles. The third kappa shape index (κ3) is 3.90. The molecule has 2 heterocycles. The molecule has 2 rings (SSSR count). The second kappa shape index (κ2) is 6.67. The second-order valence-corrected chi connectivity index (χ2v) is 7.19. The minimum absolute atomic E-state index is 0.116. The molecule has 1 N–H and O–H groups in total. The number of nitrogens with zero attached hydrogens (tertiary/aromatic N) is 3. The van der Waals surface area contributed by atoms with Crippen LogP contribution in [0, 0.1) is 0 Å². The lowest BCUT2D eigenvalue weighted by molar-refractivity contribution is -0.0440. The molecule has 0 spiro atoms.